The predicted molar refractivity (Wildman–Crippen MR) is 76.7 cm³/mol. The Kier molecular flexibility index (Phi) is 3.66. The number of anilines is 2. The van der Waals surface area contributed by atoms with Crippen LogP contribution < -0.4 is 20.7 Å². The topological polar surface area (TPSA) is 67.6 Å². The van der Waals surface area contributed by atoms with E-state index in [0.717, 1.165) is 17.1 Å². The third-order valence-corrected chi connectivity index (χ3v) is 3.33. The maximum atomic E-state index is 12.1. The number of ether oxygens (including phenoxy) is 1. The minimum atomic E-state index is -0.125. The van der Waals surface area contributed by atoms with E-state index in [2.05, 4.69) is 19.2 Å². The predicted octanol–water partition coefficient (Wildman–Crippen LogP) is 1.44. The first-order valence-corrected chi connectivity index (χ1v) is 6.42. The number of hydrogen-bond acceptors (Lipinski definition) is 4. The summed E-state index contributed by atoms with van der Waals surface area (Å²) in [5.74, 6) is 0.716. The number of rotatable bonds is 4. The second kappa shape index (κ2) is 5.09. The molecule has 0 radical (unpaired) electrons. The lowest BCUT2D eigenvalue weighted by atomic mass is 9.92. The highest BCUT2D eigenvalue weighted by atomic mass is 16.5. The summed E-state index contributed by atoms with van der Waals surface area (Å²) in [4.78, 5) is 13.9. The van der Waals surface area contributed by atoms with Crippen LogP contribution in [0.3, 0.4) is 0 Å². The highest BCUT2D eigenvalue weighted by molar-refractivity contribution is 5.98. The molecule has 1 heterocycles. The quantitative estimate of drug-likeness (QED) is 0.862. The van der Waals surface area contributed by atoms with Crippen molar-refractivity contribution in [3.63, 3.8) is 0 Å². The van der Waals surface area contributed by atoms with Gasteiger partial charge in [0.15, 0.2) is 6.61 Å². The number of nitrogens with zero attached hydrogens (tertiary/aromatic N) is 1. The summed E-state index contributed by atoms with van der Waals surface area (Å²) in [5, 5.41) is 3.07. The fourth-order valence-electron chi connectivity index (χ4n) is 2.02. The van der Waals surface area contributed by atoms with Crippen LogP contribution in [0.25, 0.3) is 0 Å². The fraction of sp³-hybridized carbons (Fsp3) is 0.500. The number of nitrogens with two attached hydrogens (primary N) is 1. The van der Waals surface area contributed by atoms with Gasteiger partial charge in [-0.25, -0.2) is 0 Å². The van der Waals surface area contributed by atoms with Gasteiger partial charge < -0.3 is 20.7 Å². The van der Waals surface area contributed by atoms with E-state index < -0.39 is 0 Å². The maximum Gasteiger partial charge on any atom is 0.265 e. The molecule has 19 heavy (non-hydrogen) atoms. The second-order valence-corrected chi connectivity index (χ2v) is 5.57. The molecule has 0 spiro atoms. The van der Waals surface area contributed by atoms with Crippen molar-refractivity contribution in [3.05, 3.63) is 18.2 Å². The van der Waals surface area contributed by atoms with E-state index in [4.69, 9.17) is 10.5 Å². The van der Waals surface area contributed by atoms with E-state index in [1.54, 1.807) is 4.90 Å². The molecule has 0 saturated heterocycles. The van der Waals surface area contributed by atoms with Crippen LogP contribution in [0, 0.1) is 5.41 Å². The van der Waals surface area contributed by atoms with Gasteiger partial charge in [0.05, 0.1) is 5.69 Å². The van der Waals surface area contributed by atoms with Gasteiger partial charge in [0, 0.05) is 19.3 Å². The van der Waals surface area contributed by atoms with Crippen molar-refractivity contribution in [2.75, 3.05) is 37.0 Å². The highest BCUT2D eigenvalue weighted by Crippen LogP contribution is 2.36. The summed E-state index contributed by atoms with van der Waals surface area (Å²) in [6, 6.07) is 5.75. The van der Waals surface area contributed by atoms with Crippen molar-refractivity contribution in [2.24, 2.45) is 11.1 Å². The average molecular weight is 263 g/mol. The van der Waals surface area contributed by atoms with Crippen LogP contribution in [0.4, 0.5) is 11.4 Å². The Labute approximate surface area is 113 Å². The third-order valence-electron chi connectivity index (χ3n) is 3.33. The van der Waals surface area contributed by atoms with Crippen LogP contribution in [0.1, 0.15) is 13.8 Å². The van der Waals surface area contributed by atoms with Crippen molar-refractivity contribution < 1.29 is 9.53 Å². The Morgan fingerprint density at radius 2 is 2.21 bits per heavy atom. The number of carbonyl (C=O) groups is 1. The zero-order valence-electron chi connectivity index (χ0n) is 11.7. The van der Waals surface area contributed by atoms with Crippen LogP contribution in [-0.2, 0) is 4.79 Å². The molecule has 104 valence electrons. The van der Waals surface area contributed by atoms with E-state index in [9.17, 15) is 4.79 Å². The molecule has 5 heteroatoms. The number of benzene rings is 1. The van der Waals surface area contributed by atoms with Gasteiger partial charge in [0.2, 0.25) is 0 Å². The summed E-state index contributed by atoms with van der Waals surface area (Å²) < 4.78 is 5.46. The molecule has 2 rings (SSSR count). The average Bonchev–Trinajstić information content (AvgIpc) is 2.41. The molecule has 3 N–H and O–H groups in total. The largest absolute Gasteiger partial charge is 0.482 e. The normalized spacial score (nSPS) is 14.9. The lowest BCUT2D eigenvalue weighted by Gasteiger charge is -2.35. The molecule has 0 aromatic heterocycles. The molecular formula is C14H21N3O2. The number of nitrogens with one attached hydrogen (secondary N) is 1. The van der Waals surface area contributed by atoms with E-state index >= 15 is 0 Å². The molecule has 0 unspecified atom stereocenters. The fourth-order valence-corrected chi connectivity index (χ4v) is 2.02. The summed E-state index contributed by atoms with van der Waals surface area (Å²) in [5.41, 5.74) is 7.40. The van der Waals surface area contributed by atoms with Gasteiger partial charge >= 0.3 is 0 Å². The van der Waals surface area contributed by atoms with Crippen LogP contribution in [-0.4, -0.2) is 32.7 Å². The third kappa shape index (κ3) is 2.81. The number of amides is 1. The van der Waals surface area contributed by atoms with Crippen molar-refractivity contribution >= 4 is 17.3 Å². The molecule has 0 aliphatic carbocycles. The summed E-state index contributed by atoms with van der Waals surface area (Å²) in [7, 11) is 1.85. The van der Waals surface area contributed by atoms with E-state index in [-0.39, 0.29) is 17.9 Å². The van der Waals surface area contributed by atoms with E-state index in [0.29, 0.717) is 13.1 Å². The van der Waals surface area contributed by atoms with Crippen molar-refractivity contribution in [1.82, 2.24) is 0 Å². The molecule has 0 bridgehead atoms. The molecule has 0 saturated carbocycles. The van der Waals surface area contributed by atoms with Gasteiger partial charge in [0.25, 0.3) is 5.91 Å². The Morgan fingerprint density at radius 3 is 2.84 bits per heavy atom. The van der Waals surface area contributed by atoms with Crippen LogP contribution in [0.15, 0.2) is 18.2 Å². The first-order chi connectivity index (χ1) is 8.96. The van der Waals surface area contributed by atoms with Crippen LogP contribution in [0.2, 0.25) is 0 Å². The van der Waals surface area contributed by atoms with Gasteiger partial charge in [0.1, 0.15) is 5.75 Å². The Morgan fingerprint density at radius 1 is 1.47 bits per heavy atom. The summed E-state index contributed by atoms with van der Waals surface area (Å²) in [6.07, 6.45) is 0. The second-order valence-electron chi connectivity index (χ2n) is 5.57. The van der Waals surface area contributed by atoms with Crippen molar-refractivity contribution in [2.45, 2.75) is 13.8 Å². The summed E-state index contributed by atoms with van der Waals surface area (Å²) in [6.45, 7) is 5.31. The smallest absolute Gasteiger partial charge is 0.265 e. The molecule has 1 aliphatic rings. The first-order valence-electron chi connectivity index (χ1n) is 6.42. The Hall–Kier alpha value is -1.75. The minimum Gasteiger partial charge on any atom is -0.482 e. The number of carbonyl (C=O) groups excluding carboxylic acids is 1. The number of fused-ring (bicyclic) bond motifs is 1. The maximum absolute atomic E-state index is 12.1. The van der Waals surface area contributed by atoms with Gasteiger partial charge in [-0.1, -0.05) is 13.8 Å². The Balaban J connectivity index is 2.36. The minimum absolute atomic E-state index is 0.0257. The van der Waals surface area contributed by atoms with E-state index in [1.807, 2.05) is 25.2 Å². The summed E-state index contributed by atoms with van der Waals surface area (Å²) >= 11 is 0. The zero-order valence-corrected chi connectivity index (χ0v) is 11.7. The van der Waals surface area contributed by atoms with Crippen LogP contribution in [0.5, 0.6) is 5.75 Å². The Bertz CT molecular complexity index is 486. The lowest BCUT2D eigenvalue weighted by Crippen LogP contribution is -2.46. The first kappa shape index (κ1) is 13.7. The molecular weight excluding hydrogens is 242 g/mol. The highest BCUT2D eigenvalue weighted by Gasteiger charge is 2.30. The molecule has 5 nitrogen and oxygen atoms in total. The van der Waals surface area contributed by atoms with Gasteiger partial charge in [-0.05, 0) is 30.2 Å². The molecule has 0 atom stereocenters. The molecule has 0 fully saturated rings. The van der Waals surface area contributed by atoms with Gasteiger partial charge in [-0.15, -0.1) is 0 Å². The number of hydrogen-bond donors (Lipinski definition) is 2. The lowest BCUT2D eigenvalue weighted by molar-refractivity contribution is -0.121. The van der Waals surface area contributed by atoms with Gasteiger partial charge in [-0.2, -0.15) is 0 Å². The zero-order chi connectivity index (χ0) is 14.0. The van der Waals surface area contributed by atoms with E-state index in [1.165, 1.54) is 0 Å². The molecule has 1 amide bonds. The SMILES string of the molecule is CNc1ccc2c(c1)N(CC(C)(C)CN)C(=O)CO2. The van der Waals surface area contributed by atoms with Crippen molar-refractivity contribution in [3.8, 4) is 5.75 Å². The molecule has 1 aliphatic heterocycles. The standard InChI is InChI=1S/C14H21N3O2/c1-14(2,8-15)9-17-11-6-10(16-3)4-5-12(11)19-7-13(17)18/h4-6,16H,7-9,15H2,1-3H3. The van der Waals surface area contributed by atoms with Crippen LogP contribution >= 0.6 is 0 Å². The molecule has 1 aromatic rings. The monoisotopic (exact) mass is 263 g/mol. The van der Waals surface area contributed by atoms with Crippen molar-refractivity contribution in [1.29, 1.82) is 0 Å². The molecule has 1 aromatic carbocycles. The van der Waals surface area contributed by atoms with Gasteiger partial charge in [-0.3, -0.25) is 4.79 Å².